The van der Waals surface area contributed by atoms with Gasteiger partial charge in [-0.25, -0.2) is 22.8 Å². The molecule has 0 unspecified atom stereocenters. The van der Waals surface area contributed by atoms with Gasteiger partial charge in [0.05, 0.1) is 16.7 Å². The molecule has 0 spiro atoms. The number of hydrogen-bond acceptors (Lipinski definition) is 5. The summed E-state index contributed by atoms with van der Waals surface area (Å²) in [7, 11) is -3.12. The smallest absolute Gasteiger partial charge is 0.151 e. The van der Waals surface area contributed by atoms with Crippen LogP contribution >= 0.6 is 0 Å². The number of sulfone groups is 1. The highest BCUT2D eigenvalue weighted by atomic mass is 32.2. The molecule has 0 fully saturated rings. The van der Waals surface area contributed by atoms with Gasteiger partial charge in [0, 0.05) is 11.9 Å². The maximum absolute atomic E-state index is 14.1. The van der Waals surface area contributed by atoms with Gasteiger partial charge in [-0.1, -0.05) is 18.2 Å². The zero-order chi connectivity index (χ0) is 16.4. The summed E-state index contributed by atoms with van der Waals surface area (Å²) < 4.78 is 36.9. The fourth-order valence-corrected chi connectivity index (χ4v) is 3.13. The Hall–Kier alpha value is -2.54. The minimum absolute atomic E-state index is 0.0542. The van der Waals surface area contributed by atoms with E-state index in [1.807, 2.05) is 0 Å². The van der Waals surface area contributed by atoms with Crippen molar-refractivity contribution in [3.63, 3.8) is 0 Å². The largest absolute Gasteiger partial charge is 0.340 e. The predicted octanol–water partition coefficient (Wildman–Crippen LogP) is 3.06. The molecule has 0 aliphatic rings. The first-order chi connectivity index (χ1) is 10.9. The predicted molar refractivity (Wildman–Crippen MR) is 87.8 cm³/mol. The number of aromatic nitrogens is 2. The van der Waals surface area contributed by atoms with Crippen LogP contribution in [0.5, 0.6) is 0 Å². The van der Waals surface area contributed by atoms with E-state index in [0.29, 0.717) is 28.0 Å². The molecule has 1 N–H and O–H groups in total. The summed E-state index contributed by atoms with van der Waals surface area (Å²) >= 11 is 0. The van der Waals surface area contributed by atoms with Gasteiger partial charge in [-0.05, 0) is 29.8 Å². The molecule has 7 heteroatoms. The van der Waals surface area contributed by atoms with Crippen molar-refractivity contribution in [2.45, 2.75) is 5.75 Å². The van der Waals surface area contributed by atoms with E-state index in [9.17, 15) is 12.8 Å². The number of fused-ring (bicyclic) bond motifs is 1. The fraction of sp³-hybridized carbons (Fsp3) is 0.125. The molecule has 0 aliphatic heterocycles. The average Bonchev–Trinajstić information content (AvgIpc) is 2.46. The molecule has 3 rings (SSSR count). The van der Waals surface area contributed by atoms with Gasteiger partial charge in [0.1, 0.15) is 18.0 Å². The van der Waals surface area contributed by atoms with E-state index in [0.717, 1.165) is 0 Å². The Morgan fingerprint density at radius 1 is 1.13 bits per heavy atom. The Kier molecular flexibility index (Phi) is 3.96. The zero-order valence-electron chi connectivity index (χ0n) is 12.3. The van der Waals surface area contributed by atoms with Gasteiger partial charge in [0.25, 0.3) is 0 Å². The molecule has 0 saturated heterocycles. The Labute approximate surface area is 133 Å². The van der Waals surface area contributed by atoms with Crippen LogP contribution in [-0.4, -0.2) is 24.6 Å². The van der Waals surface area contributed by atoms with Crippen molar-refractivity contribution in [3.05, 3.63) is 60.2 Å². The van der Waals surface area contributed by atoms with Gasteiger partial charge in [-0.15, -0.1) is 0 Å². The first-order valence-corrected chi connectivity index (χ1v) is 8.91. The van der Waals surface area contributed by atoms with Crippen LogP contribution in [-0.2, 0) is 15.6 Å². The van der Waals surface area contributed by atoms with Crippen LogP contribution in [0.25, 0.3) is 10.9 Å². The number of nitrogens with one attached hydrogen (secondary N) is 1. The summed E-state index contributed by atoms with van der Waals surface area (Å²) in [6, 6.07) is 11.6. The van der Waals surface area contributed by atoms with Crippen molar-refractivity contribution < 1.29 is 12.8 Å². The van der Waals surface area contributed by atoms with Gasteiger partial charge in [-0.3, -0.25) is 0 Å². The monoisotopic (exact) mass is 331 g/mol. The summed E-state index contributed by atoms with van der Waals surface area (Å²) in [4.78, 5) is 8.13. The molecule has 5 nitrogen and oxygen atoms in total. The lowest BCUT2D eigenvalue weighted by molar-refractivity contribution is 0.601. The lowest BCUT2D eigenvalue weighted by Gasteiger charge is -2.10. The van der Waals surface area contributed by atoms with Crippen LogP contribution in [0.3, 0.4) is 0 Å². The Balaban J connectivity index is 1.98. The molecule has 118 valence electrons. The lowest BCUT2D eigenvalue weighted by atomic mass is 10.2. The molecule has 0 bridgehead atoms. The molecule has 0 atom stereocenters. The standard InChI is InChI=1S/C16H14FN3O2S/c1-23(21,22)9-11-4-2-5-12(8-11)20-16-15-13(17)6-3-7-14(15)18-10-19-16/h2-8,10H,9H2,1H3,(H,18,19,20). The third kappa shape index (κ3) is 3.62. The quantitative estimate of drug-likeness (QED) is 0.795. The molecule has 2 aromatic carbocycles. The van der Waals surface area contributed by atoms with Crippen molar-refractivity contribution in [3.8, 4) is 0 Å². The normalized spacial score (nSPS) is 11.6. The molecule has 0 amide bonds. The number of benzene rings is 2. The van der Waals surface area contributed by atoms with Crippen molar-refractivity contribution in [2.75, 3.05) is 11.6 Å². The van der Waals surface area contributed by atoms with Crippen LogP contribution in [0.1, 0.15) is 5.56 Å². The van der Waals surface area contributed by atoms with E-state index < -0.39 is 15.7 Å². The Morgan fingerprint density at radius 3 is 2.70 bits per heavy atom. The van der Waals surface area contributed by atoms with Crippen LogP contribution in [0.4, 0.5) is 15.9 Å². The fourth-order valence-electron chi connectivity index (χ4n) is 2.34. The number of anilines is 2. The molecule has 1 aromatic heterocycles. The van der Waals surface area contributed by atoms with Gasteiger partial charge in [0.2, 0.25) is 0 Å². The van der Waals surface area contributed by atoms with Crippen molar-refractivity contribution in [2.24, 2.45) is 0 Å². The summed E-state index contributed by atoms with van der Waals surface area (Å²) in [6.07, 6.45) is 2.53. The SMILES string of the molecule is CS(=O)(=O)Cc1cccc(Nc2ncnc3cccc(F)c23)c1. The maximum atomic E-state index is 14.1. The van der Waals surface area contributed by atoms with E-state index in [1.165, 1.54) is 18.6 Å². The van der Waals surface area contributed by atoms with Gasteiger partial charge < -0.3 is 5.32 Å². The Bertz CT molecular complexity index is 969. The van der Waals surface area contributed by atoms with Gasteiger partial charge in [0.15, 0.2) is 9.84 Å². The highest BCUT2D eigenvalue weighted by Gasteiger charge is 2.10. The van der Waals surface area contributed by atoms with E-state index in [2.05, 4.69) is 15.3 Å². The first kappa shape index (κ1) is 15.4. The number of halogens is 1. The van der Waals surface area contributed by atoms with Gasteiger partial charge >= 0.3 is 0 Å². The number of rotatable bonds is 4. The van der Waals surface area contributed by atoms with Crippen molar-refractivity contribution in [1.29, 1.82) is 0 Å². The molecular formula is C16H14FN3O2S. The minimum Gasteiger partial charge on any atom is -0.340 e. The molecule has 0 aliphatic carbocycles. The van der Waals surface area contributed by atoms with Crippen molar-refractivity contribution >= 4 is 32.2 Å². The molecule has 0 radical (unpaired) electrons. The second kappa shape index (κ2) is 5.92. The second-order valence-corrected chi connectivity index (χ2v) is 7.39. The van der Waals surface area contributed by atoms with E-state index >= 15 is 0 Å². The lowest BCUT2D eigenvalue weighted by Crippen LogP contribution is -2.02. The highest BCUT2D eigenvalue weighted by Crippen LogP contribution is 2.25. The Morgan fingerprint density at radius 2 is 1.91 bits per heavy atom. The average molecular weight is 331 g/mol. The molecule has 1 heterocycles. The molecular weight excluding hydrogens is 317 g/mol. The van der Waals surface area contributed by atoms with E-state index in [-0.39, 0.29) is 5.75 Å². The summed E-state index contributed by atoms with van der Waals surface area (Å²) in [6.45, 7) is 0. The van der Waals surface area contributed by atoms with Crippen LogP contribution in [0.2, 0.25) is 0 Å². The molecule has 0 saturated carbocycles. The minimum atomic E-state index is -3.12. The zero-order valence-corrected chi connectivity index (χ0v) is 13.1. The maximum Gasteiger partial charge on any atom is 0.151 e. The third-order valence-corrected chi connectivity index (χ3v) is 4.09. The van der Waals surface area contributed by atoms with Crippen LogP contribution in [0, 0.1) is 5.82 Å². The number of hydrogen-bond donors (Lipinski definition) is 1. The van der Waals surface area contributed by atoms with Crippen LogP contribution in [0.15, 0.2) is 48.8 Å². The first-order valence-electron chi connectivity index (χ1n) is 6.85. The highest BCUT2D eigenvalue weighted by molar-refractivity contribution is 7.89. The van der Waals surface area contributed by atoms with Crippen molar-refractivity contribution in [1.82, 2.24) is 9.97 Å². The van der Waals surface area contributed by atoms with Crippen LogP contribution < -0.4 is 5.32 Å². The summed E-state index contributed by atoms with van der Waals surface area (Å²) in [5.74, 6) is -0.135. The third-order valence-electron chi connectivity index (χ3n) is 3.23. The molecule has 3 aromatic rings. The van der Waals surface area contributed by atoms with E-state index in [1.54, 1.807) is 36.4 Å². The van der Waals surface area contributed by atoms with Gasteiger partial charge in [-0.2, -0.15) is 0 Å². The number of nitrogens with zero attached hydrogens (tertiary/aromatic N) is 2. The molecule has 23 heavy (non-hydrogen) atoms. The van der Waals surface area contributed by atoms with E-state index in [4.69, 9.17) is 0 Å². The summed E-state index contributed by atoms with van der Waals surface area (Å²) in [5, 5.41) is 3.32. The second-order valence-electron chi connectivity index (χ2n) is 5.25. The summed E-state index contributed by atoms with van der Waals surface area (Å²) in [5.41, 5.74) is 1.78. The topological polar surface area (TPSA) is 72.0 Å².